The van der Waals surface area contributed by atoms with E-state index >= 15 is 0 Å². The van der Waals surface area contributed by atoms with Crippen LogP contribution in [-0.2, 0) is 9.53 Å². The van der Waals surface area contributed by atoms with Gasteiger partial charge in [-0.1, -0.05) is 18.2 Å². The molecule has 0 unspecified atom stereocenters. The van der Waals surface area contributed by atoms with Crippen molar-refractivity contribution in [2.45, 2.75) is 50.2 Å². The summed E-state index contributed by atoms with van der Waals surface area (Å²) in [7, 11) is 1.56. The average molecular weight is 582 g/mol. The summed E-state index contributed by atoms with van der Waals surface area (Å²) < 4.78 is 23.6. The van der Waals surface area contributed by atoms with Gasteiger partial charge in [-0.3, -0.25) is 14.6 Å². The van der Waals surface area contributed by atoms with Gasteiger partial charge in [0.15, 0.2) is 11.5 Å². The van der Waals surface area contributed by atoms with E-state index < -0.39 is 6.04 Å². The van der Waals surface area contributed by atoms with Crippen LogP contribution in [0.5, 0.6) is 23.0 Å². The Kier molecular flexibility index (Phi) is 8.16. The zero-order chi connectivity index (χ0) is 29.8. The smallest absolute Gasteiger partial charge is 0.323 e. The zero-order valence-corrected chi connectivity index (χ0v) is 24.1. The number of carbonyl (C=O) groups excluding carboxylic acids is 2. The molecule has 0 saturated heterocycles. The molecule has 2 aliphatic rings. The summed E-state index contributed by atoms with van der Waals surface area (Å²) in [5.41, 5.74) is 7.76. The minimum Gasteiger partial charge on any atom is -0.493 e. The Bertz CT molecular complexity index is 1600. The van der Waals surface area contributed by atoms with E-state index in [0.29, 0.717) is 52.1 Å². The Morgan fingerprint density at radius 1 is 1.00 bits per heavy atom. The van der Waals surface area contributed by atoms with Gasteiger partial charge in [0, 0.05) is 35.3 Å². The summed E-state index contributed by atoms with van der Waals surface area (Å²) in [5, 5.41) is 3.62. The minimum absolute atomic E-state index is 0.183. The van der Waals surface area contributed by atoms with E-state index in [2.05, 4.69) is 10.3 Å². The fourth-order valence-electron chi connectivity index (χ4n) is 6.00. The van der Waals surface area contributed by atoms with E-state index in [1.54, 1.807) is 61.8 Å². The first-order chi connectivity index (χ1) is 20.9. The molecule has 3 N–H and O–H groups in total. The minimum atomic E-state index is -0.753. The molecule has 2 bridgehead atoms. The molecule has 0 aliphatic heterocycles. The molecule has 9 heteroatoms. The molecule has 3 aromatic carbocycles. The van der Waals surface area contributed by atoms with Crippen molar-refractivity contribution < 1.29 is 28.5 Å². The van der Waals surface area contributed by atoms with Gasteiger partial charge in [0.05, 0.1) is 19.2 Å². The highest BCUT2D eigenvalue weighted by molar-refractivity contribution is 6.04. The number of rotatable bonds is 11. The molecular weight excluding hydrogens is 546 g/mol. The van der Waals surface area contributed by atoms with Gasteiger partial charge in [0.2, 0.25) is 0 Å². The second kappa shape index (κ2) is 12.3. The molecule has 1 atom stereocenters. The van der Waals surface area contributed by atoms with Gasteiger partial charge in [-0.05, 0) is 86.6 Å². The molecule has 2 saturated carbocycles. The number of fused-ring (bicyclic) bond motifs is 3. The second-order valence-electron chi connectivity index (χ2n) is 11.3. The number of hydrogen-bond donors (Lipinski definition) is 2. The lowest BCUT2D eigenvalue weighted by Gasteiger charge is -2.28. The third kappa shape index (κ3) is 6.41. The van der Waals surface area contributed by atoms with Crippen LogP contribution >= 0.6 is 0 Å². The van der Waals surface area contributed by atoms with Crippen LogP contribution in [0, 0.1) is 5.92 Å². The number of carbonyl (C=O) groups is 2. The van der Waals surface area contributed by atoms with Gasteiger partial charge in [-0.15, -0.1) is 0 Å². The van der Waals surface area contributed by atoms with E-state index in [0.717, 1.165) is 37.5 Å². The number of amides is 1. The fraction of sp³-hybridized carbons (Fsp3) is 0.324. The quantitative estimate of drug-likeness (QED) is 0.199. The van der Waals surface area contributed by atoms with E-state index in [-0.39, 0.29) is 24.1 Å². The maximum atomic E-state index is 12.7. The van der Waals surface area contributed by atoms with Crippen LogP contribution in [0.2, 0.25) is 0 Å². The molecule has 4 aromatic rings. The van der Waals surface area contributed by atoms with Crippen LogP contribution in [0.3, 0.4) is 0 Å². The molecule has 0 radical (unpaired) electrons. The van der Waals surface area contributed by atoms with Crippen LogP contribution in [0.4, 0.5) is 5.69 Å². The molecule has 2 aliphatic carbocycles. The summed E-state index contributed by atoms with van der Waals surface area (Å²) in [6.45, 7) is 0.219. The highest BCUT2D eigenvalue weighted by atomic mass is 16.6. The highest BCUT2D eigenvalue weighted by Gasteiger charge is 2.48. The summed E-state index contributed by atoms with van der Waals surface area (Å²) in [6.07, 6.45) is 7.09. The first-order valence-electron chi connectivity index (χ1n) is 14.6. The summed E-state index contributed by atoms with van der Waals surface area (Å²) in [4.78, 5) is 29.6. The number of anilines is 1. The van der Waals surface area contributed by atoms with Crippen molar-refractivity contribution in [2.75, 3.05) is 19.0 Å². The van der Waals surface area contributed by atoms with E-state index in [1.165, 1.54) is 0 Å². The Hall–Kier alpha value is -4.63. The van der Waals surface area contributed by atoms with Crippen molar-refractivity contribution >= 4 is 28.5 Å². The van der Waals surface area contributed by atoms with Crippen LogP contribution in [0.1, 0.15) is 48.9 Å². The number of pyridine rings is 1. The normalized spacial score (nSPS) is 19.5. The SMILES string of the molecule is COc1cc2c(Oc3ccc(NC(=O)c4ccccc4)cc3)ccnc2cc1OCC[C@H](N)C(=O)OC12CCC(CC1)C2. The molecule has 1 aromatic heterocycles. The maximum absolute atomic E-state index is 12.7. The molecule has 222 valence electrons. The molecule has 43 heavy (non-hydrogen) atoms. The average Bonchev–Trinajstić information content (AvgIpc) is 3.63. The summed E-state index contributed by atoms with van der Waals surface area (Å²) in [6, 6.07) is 20.8. The number of nitrogens with one attached hydrogen (secondary N) is 1. The molecule has 1 heterocycles. The number of ether oxygens (including phenoxy) is 4. The van der Waals surface area contributed by atoms with E-state index in [1.807, 2.05) is 24.3 Å². The lowest BCUT2D eigenvalue weighted by Crippen LogP contribution is -2.40. The Labute approximate surface area is 250 Å². The monoisotopic (exact) mass is 581 g/mol. The number of nitrogens with zero attached hydrogens (tertiary/aromatic N) is 1. The Balaban J connectivity index is 1.08. The summed E-state index contributed by atoms with van der Waals surface area (Å²) in [5.74, 6) is 2.32. The lowest BCUT2D eigenvalue weighted by molar-refractivity contribution is -0.160. The largest absolute Gasteiger partial charge is 0.493 e. The van der Waals surface area contributed by atoms with Crippen LogP contribution < -0.4 is 25.3 Å². The number of hydrogen-bond acceptors (Lipinski definition) is 8. The topological polar surface area (TPSA) is 122 Å². The van der Waals surface area contributed by atoms with Crippen LogP contribution in [0.15, 0.2) is 79.0 Å². The van der Waals surface area contributed by atoms with E-state index in [4.69, 9.17) is 24.7 Å². The van der Waals surface area contributed by atoms with Gasteiger partial charge in [-0.2, -0.15) is 0 Å². The molecular formula is C34H35N3O6. The van der Waals surface area contributed by atoms with Gasteiger partial charge in [-0.25, -0.2) is 0 Å². The summed E-state index contributed by atoms with van der Waals surface area (Å²) >= 11 is 0. The predicted molar refractivity (Wildman–Crippen MR) is 163 cm³/mol. The van der Waals surface area contributed by atoms with Gasteiger partial charge in [0.25, 0.3) is 5.91 Å². The van der Waals surface area contributed by atoms with E-state index in [9.17, 15) is 9.59 Å². The highest BCUT2D eigenvalue weighted by Crippen LogP contribution is 2.50. The number of aromatic nitrogens is 1. The Morgan fingerprint density at radius 3 is 2.47 bits per heavy atom. The predicted octanol–water partition coefficient (Wildman–Crippen LogP) is 6.26. The number of nitrogens with two attached hydrogens (primary N) is 1. The molecule has 1 amide bonds. The molecule has 6 rings (SSSR count). The van der Waals surface area contributed by atoms with Crippen molar-refractivity contribution in [1.29, 1.82) is 0 Å². The standard InChI is InChI=1S/C34H35N3O6/c1-40-30-19-26-28(20-31(30)41-18-14-27(35)33(39)43-34-15-11-22(21-34)12-16-34)36-17-13-29(26)42-25-9-7-24(8-10-25)37-32(38)23-5-3-2-4-6-23/h2-10,13,17,19-20,22,27H,11-12,14-16,18,21,35H2,1H3,(H,37,38)/t22?,27-,34?/m0/s1. The third-order valence-corrected chi connectivity index (χ3v) is 8.35. The van der Waals surface area contributed by atoms with Crippen molar-refractivity contribution in [2.24, 2.45) is 11.7 Å². The zero-order valence-electron chi connectivity index (χ0n) is 24.1. The first-order valence-corrected chi connectivity index (χ1v) is 14.6. The molecule has 2 fully saturated rings. The van der Waals surface area contributed by atoms with Crippen molar-refractivity contribution in [3.63, 3.8) is 0 Å². The third-order valence-electron chi connectivity index (χ3n) is 8.35. The second-order valence-corrected chi connectivity index (χ2v) is 11.3. The lowest BCUT2D eigenvalue weighted by atomic mass is 9.97. The van der Waals surface area contributed by atoms with Crippen molar-refractivity contribution in [3.05, 3.63) is 84.6 Å². The van der Waals surface area contributed by atoms with Gasteiger partial charge in [0.1, 0.15) is 23.1 Å². The number of esters is 1. The van der Waals surface area contributed by atoms with Gasteiger partial charge < -0.3 is 30.0 Å². The van der Waals surface area contributed by atoms with Crippen LogP contribution in [0.25, 0.3) is 10.9 Å². The number of benzene rings is 3. The van der Waals surface area contributed by atoms with Crippen LogP contribution in [-0.4, -0.2) is 42.2 Å². The van der Waals surface area contributed by atoms with Crippen molar-refractivity contribution in [1.82, 2.24) is 4.98 Å². The van der Waals surface area contributed by atoms with Gasteiger partial charge >= 0.3 is 5.97 Å². The maximum Gasteiger partial charge on any atom is 0.323 e. The Morgan fingerprint density at radius 2 is 1.77 bits per heavy atom. The fourth-order valence-corrected chi connectivity index (χ4v) is 6.00. The molecule has 0 spiro atoms. The van der Waals surface area contributed by atoms with Crippen molar-refractivity contribution in [3.8, 4) is 23.0 Å². The number of methoxy groups -OCH3 is 1. The first kappa shape index (κ1) is 28.5. The molecule has 9 nitrogen and oxygen atoms in total.